The van der Waals surface area contributed by atoms with Crippen molar-refractivity contribution >= 4 is 33.7 Å². The topological polar surface area (TPSA) is 80.3 Å². The summed E-state index contributed by atoms with van der Waals surface area (Å²) in [6.45, 7) is 0.485. The lowest BCUT2D eigenvalue weighted by molar-refractivity contribution is 0.104. The van der Waals surface area contributed by atoms with Crippen LogP contribution in [0.25, 0.3) is 22.2 Å². The molecule has 0 fully saturated rings. The van der Waals surface area contributed by atoms with Gasteiger partial charge in [-0.3, -0.25) is 4.79 Å². The number of nitrogens with zero attached hydrogens (tertiary/aromatic N) is 1. The van der Waals surface area contributed by atoms with Gasteiger partial charge < -0.3 is 19.6 Å². The van der Waals surface area contributed by atoms with Gasteiger partial charge in [0.15, 0.2) is 11.5 Å². The van der Waals surface area contributed by atoms with Gasteiger partial charge >= 0.3 is 0 Å². The number of furan rings is 1. The van der Waals surface area contributed by atoms with E-state index in [1.54, 1.807) is 6.26 Å². The van der Waals surface area contributed by atoms with Crippen molar-refractivity contribution in [2.75, 3.05) is 10.6 Å². The highest BCUT2D eigenvalue weighted by molar-refractivity contribution is 6.28. The Morgan fingerprint density at radius 2 is 1.68 bits per heavy atom. The molecule has 0 bridgehead atoms. The van der Waals surface area contributed by atoms with E-state index in [4.69, 9.17) is 8.94 Å². The number of hydrogen-bond donors (Lipinski definition) is 2. The number of aromatic nitrogens is 1. The molecule has 0 amide bonds. The number of fused-ring (bicyclic) bond motifs is 2. The van der Waals surface area contributed by atoms with Gasteiger partial charge in [-0.05, 0) is 30.3 Å². The number of ketones is 1. The number of rotatable bonds is 5. The quantitative estimate of drug-likeness (QED) is 0.365. The van der Waals surface area contributed by atoms with Crippen LogP contribution in [0.15, 0.2) is 88.0 Å². The van der Waals surface area contributed by atoms with Gasteiger partial charge in [0.2, 0.25) is 0 Å². The first-order valence-electron chi connectivity index (χ1n) is 9.98. The fraction of sp³-hybridized carbons (Fsp3) is 0.0400. The Kier molecular flexibility index (Phi) is 3.89. The number of nitrogens with one attached hydrogen (secondary N) is 2. The number of hydrogen-bond acceptors (Lipinski definition) is 6. The standard InChI is InChI=1S/C25H17N3O3/c29-24-17-10-4-5-11-18(17)25-22-21(24)19(27-15-7-2-1-3-8-15)13-20(23(22)28-31-25)26-14-16-9-6-12-30-16/h1-13,26-27H,14H2. The molecule has 2 heterocycles. The minimum atomic E-state index is -0.0488. The molecule has 31 heavy (non-hydrogen) atoms. The van der Waals surface area contributed by atoms with Crippen molar-refractivity contribution in [2.45, 2.75) is 6.54 Å². The minimum absolute atomic E-state index is 0.0488. The third-order valence-corrected chi connectivity index (χ3v) is 5.48. The summed E-state index contributed by atoms with van der Waals surface area (Å²) in [6, 6.07) is 22.9. The molecule has 6 heteroatoms. The Morgan fingerprint density at radius 3 is 2.48 bits per heavy atom. The van der Waals surface area contributed by atoms with Crippen LogP contribution >= 0.6 is 0 Å². The maximum absolute atomic E-state index is 13.5. The van der Waals surface area contributed by atoms with Crippen molar-refractivity contribution < 1.29 is 13.7 Å². The molecule has 6 rings (SSSR count). The van der Waals surface area contributed by atoms with Crippen LogP contribution in [0.2, 0.25) is 0 Å². The lowest BCUT2D eigenvalue weighted by Gasteiger charge is -2.19. The van der Waals surface area contributed by atoms with Crippen molar-refractivity contribution in [1.29, 1.82) is 0 Å². The van der Waals surface area contributed by atoms with Crippen LogP contribution < -0.4 is 10.6 Å². The Hall–Kier alpha value is -4.32. The SMILES string of the molecule is O=C1c2ccccc2-c2onc3c(NCc4ccco4)cc(Nc4ccccc4)c1c23. The molecule has 0 unspecified atom stereocenters. The molecular weight excluding hydrogens is 390 g/mol. The van der Waals surface area contributed by atoms with Gasteiger partial charge in [0, 0.05) is 16.8 Å². The highest BCUT2D eigenvalue weighted by atomic mass is 16.5. The van der Waals surface area contributed by atoms with E-state index in [2.05, 4.69) is 15.8 Å². The lowest BCUT2D eigenvalue weighted by Crippen LogP contribution is -2.12. The second kappa shape index (κ2) is 6.88. The van der Waals surface area contributed by atoms with Gasteiger partial charge in [0.25, 0.3) is 0 Å². The third-order valence-electron chi connectivity index (χ3n) is 5.48. The molecule has 5 aromatic rings. The van der Waals surface area contributed by atoms with E-state index in [1.807, 2.05) is 72.8 Å². The first kappa shape index (κ1) is 17.5. The maximum atomic E-state index is 13.5. The van der Waals surface area contributed by atoms with Gasteiger partial charge in [-0.1, -0.05) is 47.6 Å². The van der Waals surface area contributed by atoms with Gasteiger partial charge in [-0.2, -0.15) is 0 Å². The first-order valence-corrected chi connectivity index (χ1v) is 9.98. The molecule has 1 aliphatic carbocycles. The summed E-state index contributed by atoms with van der Waals surface area (Å²) in [6.07, 6.45) is 1.64. The van der Waals surface area contributed by atoms with E-state index in [9.17, 15) is 4.79 Å². The summed E-state index contributed by atoms with van der Waals surface area (Å²) in [4.78, 5) is 13.5. The molecule has 0 atom stereocenters. The van der Waals surface area contributed by atoms with Crippen molar-refractivity contribution in [3.05, 3.63) is 95.9 Å². The molecule has 0 spiro atoms. The third kappa shape index (κ3) is 2.80. The van der Waals surface area contributed by atoms with Crippen molar-refractivity contribution in [2.24, 2.45) is 0 Å². The zero-order valence-corrected chi connectivity index (χ0v) is 16.4. The molecule has 0 saturated heterocycles. The Bertz CT molecular complexity index is 1420. The van der Waals surface area contributed by atoms with E-state index in [0.717, 1.165) is 22.7 Å². The van der Waals surface area contributed by atoms with Crippen LogP contribution in [0.3, 0.4) is 0 Å². The molecular formula is C25H17N3O3. The van der Waals surface area contributed by atoms with Crippen LogP contribution in [0.4, 0.5) is 17.1 Å². The molecule has 0 aliphatic heterocycles. The first-order chi connectivity index (χ1) is 15.3. The number of para-hydroxylation sites is 1. The summed E-state index contributed by atoms with van der Waals surface area (Å²) in [5.74, 6) is 1.36. The second-order valence-corrected chi connectivity index (χ2v) is 7.38. The monoisotopic (exact) mass is 407 g/mol. The van der Waals surface area contributed by atoms with Gasteiger partial charge in [0.05, 0.1) is 35.1 Å². The van der Waals surface area contributed by atoms with E-state index in [1.165, 1.54) is 0 Å². The van der Waals surface area contributed by atoms with Gasteiger partial charge in [0.1, 0.15) is 11.3 Å². The fourth-order valence-electron chi connectivity index (χ4n) is 4.06. The molecule has 0 radical (unpaired) electrons. The number of benzene rings is 3. The normalized spacial score (nSPS) is 12.1. The molecule has 6 nitrogen and oxygen atoms in total. The number of carbonyl (C=O) groups excluding carboxylic acids is 1. The van der Waals surface area contributed by atoms with E-state index < -0.39 is 0 Å². The number of anilines is 3. The van der Waals surface area contributed by atoms with Crippen molar-refractivity contribution in [3.63, 3.8) is 0 Å². The average Bonchev–Trinajstić information content (AvgIpc) is 3.48. The Balaban J connectivity index is 1.56. The Labute approximate surface area is 177 Å². The van der Waals surface area contributed by atoms with Crippen LogP contribution in [-0.4, -0.2) is 10.9 Å². The Morgan fingerprint density at radius 1 is 0.871 bits per heavy atom. The van der Waals surface area contributed by atoms with E-state index in [0.29, 0.717) is 40.0 Å². The molecule has 2 aromatic heterocycles. The van der Waals surface area contributed by atoms with Crippen LogP contribution in [0, 0.1) is 0 Å². The molecule has 3 aromatic carbocycles. The zero-order chi connectivity index (χ0) is 20.8. The molecule has 2 N–H and O–H groups in total. The van der Waals surface area contributed by atoms with E-state index in [-0.39, 0.29) is 5.78 Å². The molecule has 150 valence electrons. The predicted octanol–water partition coefficient (Wildman–Crippen LogP) is 5.99. The molecule has 1 aliphatic rings. The van der Waals surface area contributed by atoms with E-state index >= 15 is 0 Å². The van der Waals surface area contributed by atoms with Crippen LogP contribution in [0.5, 0.6) is 0 Å². The predicted molar refractivity (Wildman–Crippen MR) is 119 cm³/mol. The average molecular weight is 407 g/mol. The van der Waals surface area contributed by atoms with Crippen molar-refractivity contribution in [3.8, 4) is 11.3 Å². The summed E-state index contributed by atoms with van der Waals surface area (Å²) in [5.41, 5.74) is 4.91. The largest absolute Gasteiger partial charge is 0.467 e. The fourth-order valence-corrected chi connectivity index (χ4v) is 4.06. The summed E-state index contributed by atoms with van der Waals surface area (Å²) >= 11 is 0. The highest BCUT2D eigenvalue weighted by Crippen LogP contribution is 2.45. The molecule has 0 saturated carbocycles. The lowest BCUT2D eigenvalue weighted by atomic mass is 9.86. The highest BCUT2D eigenvalue weighted by Gasteiger charge is 2.32. The smallest absolute Gasteiger partial charge is 0.196 e. The number of carbonyl (C=O) groups is 1. The summed E-state index contributed by atoms with van der Waals surface area (Å²) in [7, 11) is 0. The summed E-state index contributed by atoms with van der Waals surface area (Å²) in [5, 5.41) is 11.8. The maximum Gasteiger partial charge on any atom is 0.196 e. The zero-order valence-electron chi connectivity index (χ0n) is 16.4. The van der Waals surface area contributed by atoms with Crippen molar-refractivity contribution in [1.82, 2.24) is 5.16 Å². The van der Waals surface area contributed by atoms with Gasteiger partial charge in [-0.15, -0.1) is 0 Å². The minimum Gasteiger partial charge on any atom is -0.467 e. The van der Waals surface area contributed by atoms with Crippen LogP contribution in [0.1, 0.15) is 21.7 Å². The van der Waals surface area contributed by atoms with Crippen LogP contribution in [-0.2, 0) is 6.54 Å². The second-order valence-electron chi connectivity index (χ2n) is 7.38. The summed E-state index contributed by atoms with van der Waals surface area (Å²) < 4.78 is 11.2. The van der Waals surface area contributed by atoms with Gasteiger partial charge in [-0.25, -0.2) is 0 Å².